The van der Waals surface area contributed by atoms with Crippen LogP contribution in [0.2, 0.25) is 0 Å². The summed E-state index contributed by atoms with van der Waals surface area (Å²) < 4.78 is 2.41. The van der Waals surface area contributed by atoms with Crippen molar-refractivity contribution in [1.29, 1.82) is 0 Å². The molecule has 11 aromatic carbocycles. The van der Waals surface area contributed by atoms with Gasteiger partial charge in [0.2, 0.25) is 0 Å². The lowest BCUT2D eigenvalue weighted by molar-refractivity contribution is -0.412. The van der Waals surface area contributed by atoms with Gasteiger partial charge in [0.1, 0.15) is 0 Å². The molecule has 12 aromatic rings. The fourth-order valence-corrected chi connectivity index (χ4v) is 16.7. The van der Waals surface area contributed by atoms with Gasteiger partial charge in [-0.3, -0.25) is 0 Å². The fraction of sp³-hybridized carbons (Fsp3) is 0.123. The summed E-state index contributed by atoms with van der Waals surface area (Å²) in [5.74, 6) is 3.44. The molecule has 0 aliphatic heterocycles. The lowest BCUT2D eigenvalue weighted by Crippen LogP contribution is -2.88. The zero-order valence-electron chi connectivity index (χ0n) is 41.6. The second kappa shape index (κ2) is 15.4. The fourth-order valence-electron chi connectivity index (χ4n) is 16.7. The summed E-state index contributed by atoms with van der Waals surface area (Å²) in [6, 6.07) is 95.8. The van der Waals surface area contributed by atoms with E-state index in [9.17, 15) is 0 Å². The molecule has 4 unspecified atom stereocenters. The van der Waals surface area contributed by atoms with Gasteiger partial charge in [-0.1, -0.05) is 200 Å². The summed E-state index contributed by atoms with van der Waals surface area (Å²) in [5, 5.41) is 4.96. The molecular formula is C73H52N2. The number of hydrogen-bond acceptors (Lipinski definition) is 1. The van der Waals surface area contributed by atoms with Crippen molar-refractivity contribution in [2.45, 2.75) is 24.7 Å². The monoisotopic (exact) mass is 956 g/mol. The van der Waals surface area contributed by atoms with E-state index in [-0.39, 0.29) is 5.41 Å². The Labute approximate surface area is 437 Å². The highest BCUT2D eigenvalue weighted by Gasteiger charge is 2.90. The van der Waals surface area contributed by atoms with Crippen LogP contribution in [0.1, 0.15) is 30.4 Å². The summed E-state index contributed by atoms with van der Waals surface area (Å²) in [5.41, 5.74) is 23.5. The van der Waals surface area contributed by atoms with Gasteiger partial charge in [-0.25, -0.2) is 0 Å². The van der Waals surface area contributed by atoms with Crippen LogP contribution in [0.5, 0.6) is 0 Å². The summed E-state index contributed by atoms with van der Waals surface area (Å²) in [6.45, 7) is 0. The maximum absolute atomic E-state index is 2.66. The van der Waals surface area contributed by atoms with Crippen LogP contribution in [-0.2, 0) is 5.41 Å². The van der Waals surface area contributed by atoms with E-state index < -0.39 is 0 Å². The smallest absolute Gasteiger partial charge is 0.0541 e. The average molecular weight is 957 g/mol. The van der Waals surface area contributed by atoms with Crippen molar-refractivity contribution in [1.82, 2.24) is 4.57 Å². The number of hydrogen-bond donors (Lipinski definition) is 0. The largest absolute Gasteiger partial charge is 0.309 e. The van der Waals surface area contributed by atoms with Gasteiger partial charge in [-0.2, -0.15) is 0 Å². The molecule has 2 nitrogen and oxygen atoms in total. The van der Waals surface area contributed by atoms with E-state index >= 15 is 0 Å². The second-order valence-electron chi connectivity index (χ2n) is 22.3. The molecule has 75 heavy (non-hydrogen) atoms. The van der Waals surface area contributed by atoms with Gasteiger partial charge >= 0.3 is 0 Å². The minimum Gasteiger partial charge on any atom is -0.309 e. The van der Waals surface area contributed by atoms with Crippen molar-refractivity contribution in [3.8, 4) is 61.3 Å². The van der Waals surface area contributed by atoms with Crippen LogP contribution < -0.4 is 4.90 Å². The van der Waals surface area contributed by atoms with Gasteiger partial charge < -0.3 is 9.47 Å². The Hall–Kier alpha value is -8.72. The Morgan fingerprint density at radius 3 is 1.60 bits per heavy atom. The normalized spacial score (nSPS) is 22.1. The van der Waals surface area contributed by atoms with Crippen LogP contribution in [0.25, 0.3) is 93.9 Å². The van der Waals surface area contributed by atoms with Gasteiger partial charge in [0.25, 0.3) is 0 Å². The molecule has 17 rings (SSSR count). The highest BCUT2D eigenvalue weighted by atomic mass is 15.2. The zero-order chi connectivity index (χ0) is 49.0. The number of benzene rings is 11. The van der Waals surface area contributed by atoms with Crippen LogP contribution in [0.4, 0.5) is 17.1 Å². The second-order valence-corrected chi connectivity index (χ2v) is 22.3. The standard InChI is InChI=1S/C73H52N2/c1-3-19-46(20-4-1)55-30-17-21-47-22-18-31-60(71(47)55)58-28-10-16-36-67(58)75(64-33-13-8-25-53(64)48-38-40-68-61(41-48)59-29-11-15-35-66(59)74(68)52-23-5-2-6-24-52)65-34-14-9-26-54(65)49-37-39-57-56-27-7-12-32-62(56)73(63(57)42-49)69-44-50-43-51-45-70(73)72(50,51)69/h1-42,50-51,69-70H,43-45H2. The molecule has 1 heterocycles. The summed E-state index contributed by atoms with van der Waals surface area (Å²) in [7, 11) is 0. The highest BCUT2D eigenvalue weighted by molar-refractivity contribution is 6.12. The van der Waals surface area contributed by atoms with Crippen molar-refractivity contribution in [3.05, 3.63) is 266 Å². The molecule has 0 bridgehead atoms. The van der Waals surface area contributed by atoms with Crippen molar-refractivity contribution >= 4 is 49.6 Å². The number of nitrogens with zero attached hydrogens (tertiary/aromatic N) is 2. The minimum atomic E-state index is 0.121. The van der Waals surface area contributed by atoms with Crippen LogP contribution in [0.3, 0.4) is 0 Å². The molecule has 0 amide bonds. The minimum absolute atomic E-state index is 0.121. The Kier molecular flexibility index (Phi) is 8.58. The third-order valence-corrected chi connectivity index (χ3v) is 19.5. The number of anilines is 3. The first-order valence-electron chi connectivity index (χ1n) is 27.2. The van der Waals surface area contributed by atoms with Gasteiger partial charge in [0.15, 0.2) is 0 Å². The van der Waals surface area contributed by atoms with Gasteiger partial charge in [-0.05, 0) is 164 Å². The average Bonchev–Trinajstić information content (AvgIpc) is 3.07. The molecule has 354 valence electrons. The molecule has 0 radical (unpaired) electrons. The lowest BCUT2D eigenvalue weighted by Gasteiger charge is -2.92. The van der Waals surface area contributed by atoms with Gasteiger partial charge in [0, 0.05) is 38.6 Å². The van der Waals surface area contributed by atoms with Crippen molar-refractivity contribution in [3.63, 3.8) is 0 Å². The molecular weight excluding hydrogens is 905 g/mol. The highest BCUT2D eigenvalue weighted by Crippen LogP contribution is 2.94. The number of aromatic nitrogens is 1. The number of para-hydroxylation sites is 5. The maximum atomic E-state index is 2.66. The van der Waals surface area contributed by atoms with Gasteiger partial charge in [0.05, 0.1) is 28.1 Å². The third-order valence-electron chi connectivity index (χ3n) is 19.5. The van der Waals surface area contributed by atoms with Crippen LogP contribution in [-0.4, -0.2) is 4.57 Å². The Morgan fingerprint density at radius 1 is 0.347 bits per heavy atom. The zero-order valence-corrected chi connectivity index (χ0v) is 41.6. The number of fused-ring (bicyclic) bond motifs is 11. The maximum Gasteiger partial charge on any atom is 0.0541 e. The SMILES string of the molecule is c1ccc(-c2cccc3cccc(-c4ccccc4N(c4ccccc4-c4ccc5c(c4)C4(c6ccccc6-5)C5CC6CC7CC4C675)c4ccccc4-c4ccc5c(c4)c4ccccc4n5-c4ccccc4)c23)cc1. The first kappa shape index (κ1) is 41.7. The Morgan fingerprint density at radius 2 is 0.880 bits per heavy atom. The predicted octanol–water partition coefficient (Wildman–Crippen LogP) is 19.0. The Balaban J connectivity index is 0.900. The van der Waals surface area contributed by atoms with Crippen molar-refractivity contribution < 1.29 is 0 Å². The van der Waals surface area contributed by atoms with E-state index in [1.165, 1.54) is 107 Å². The van der Waals surface area contributed by atoms with E-state index in [0.717, 1.165) is 46.4 Å². The first-order valence-corrected chi connectivity index (χ1v) is 27.2. The molecule has 2 spiro atoms. The van der Waals surface area contributed by atoms with Crippen molar-refractivity contribution in [2.75, 3.05) is 4.90 Å². The third kappa shape index (κ3) is 5.39. The Bertz CT molecular complexity index is 4300. The van der Waals surface area contributed by atoms with Crippen LogP contribution >= 0.6 is 0 Å². The van der Waals surface area contributed by atoms with Crippen molar-refractivity contribution in [2.24, 2.45) is 29.1 Å². The quantitative estimate of drug-likeness (QED) is 0.147. The molecule has 4 fully saturated rings. The van der Waals surface area contributed by atoms with Crippen LogP contribution in [0.15, 0.2) is 255 Å². The topological polar surface area (TPSA) is 8.17 Å². The van der Waals surface area contributed by atoms with E-state index in [0.29, 0.717) is 5.41 Å². The van der Waals surface area contributed by atoms with E-state index in [1.807, 2.05) is 0 Å². The van der Waals surface area contributed by atoms with E-state index in [1.54, 1.807) is 11.1 Å². The molecule has 2 heteroatoms. The summed E-state index contributed by atoms with van der Waals surface area (Å²) in [4.78, 5) is 2.60. The van der Waals surface area contributed by atoms with E-state index in [2.05, 4.69) is 264 Å². The first-order chi connectivity index (χ1) is 37.2. The molecule has 5 aliphatic carbocycles. The molecule has 4 atom stereocenters. The number of rotatable bonds is 8. The molecule has 5 aliphatic rings. The summed E-state index contributed by atoms with van der Waals surface area (Å²) >= 11 is 0. The predicted molar refractivity (Wildman–Crippen MR) is 311 cm³/mol. The van der Waals surface area contributed by atoms with E-state index in [4.69, 9.17) is 0 Å². The van der Waals surface area contributed by atoms with Crippen LogP contribution in [0, 0.1) is 29.1 Å². The van der Waals surface area contributed by atoms with Gasteiger partial charge in [-0.15, -0.1) is 0 Å². The molecule has 4 saturated carbocycles. The summed E-state index contributed by atoms with van der Waals surface area (Å²) in [6.07, 6.45) is 4.25. The molecule has 0 N–H and O–H groups in total. The molecule has 0 saturated heterocycles. The molecule has 1 aromatic heterocycles. The lowest BCUT2D eigenvalue weighted by atomic mass is 9.11.